The van der Waals surface area contributed by atoms with Crippen molar-refractivity contribution in [1.29, 1.82) is 0 Å². The van der Waals surface area contributed by atoms with Crippen LogP contribution in [0.25, 0.3) is 0 Å². The molecule has 0 aliphatic heterocycles. The maximum atomic E-state index is 13.0. The van der Waals surface area contributed by atoms with Crippen LogP contribution in [0.4, 0.5) is 5.69 Å². The second-order valence-corrected chi connectivity index (χ2v) is 8.73. The molecule has 7 heteroatoms. The average molecular weight is 478 g/mol. The summed E-state index contributed by atoms with van der Waals surface area (Å²) in [5.41, 5.74) is 1.91. The fraction of sp³-hybridized carbons (Fsp3) is 0.222. The monoisotopic (exact) mass is 477 g/mol. The highest BCUT2D eigenvalue weighted by molar-refractivity contribution is 6.33. The maximum Gasteiger partial charge on any atom is 0.253 e. The molecule has 0 saturated heterocycles. The van der Waals surface area contributed by atoms with Gasteiger partial charge in [-0.25, -0.2) is 0 Å². The van der Waals surface area contributed by atoms with Crippen LogP contribution in [0.2, 0.25) is 5.02 Å². The first-order valence-corrected chi connectivity index (χ1v) is 11.5. The molecule has 3 amide bonds. The van der Waals surface area contributed by atoms with E-state index in [2.05, 4.69) is 16.0 Å². The fourth-order valence-corrected chi connectivity index (χ4v) is 3.61. The molecule has 0 aliphatic rings. The minimum absolute atomic E-state index is 0.0256. The lowest BCUT2D eigenvalue weighted by Crippen LogP contribution is -2.32. The van der Waals surface area contributed by atoms with Crippen LogP contribution in [0, 0.1) is 5.92 Å². The van der Waals surface area contributed by atoms with E-state index in [-0.39, 0.29) is 24.1 Å². The predicted molar refractivity (Wildman–Crippen MR) is 135 cm³/mol. The standard InChI is InChI=1S/C27H28ClN3O3/c1-18(2)17-29-26(33)21-13-7-9-15-23(21)30-25(32)16-24(19-10-4-3-5-11-19)31-27(34)20-12-6-8-14-22(20)28/h3-15,18,24H,16-17H2,1-2H3,(H,29,33)(H,30,32)(H,31,34). The Bertz CT molecular complexity index is 1150. The van der Waals surface area contributed by atoms with Gasteiger partial charge in [-0.3, -0.25) is 14.4 Å². The smallest absolute Gasteiger partial charge is 0.253 e. The van der Waals surface area contributed by atoms with Gasteiger partial charge in [-0.2, -0.15) is 0 Å². The molecule has 6 nitrogen and oxygen atoms in total. The highest BCUT2D eigenvalue weighted by atomic mass is 35.5. The number of hydrogen-bond acceptors (Lipinski definition) is 3. The first-order chi connectivity index (χ1) is 16.3. The number of carbonyl (C=O) groups excluding carboxylic acids is 3. The van der Waals surface area contributed by atoms with Gasteiger partial charge in [-0.1, -0.05) is 80.0 Å². The minimum atomic E-state index is -0.591. The molecular formula is C27H28ClN3O3. The van der Waals surface area contributed by atoms with Gasteiger partial charge in [-0.15, -0.1) is 0 Å². The second kappa shape index (κ2) is 12.0. The molecule has 3 aromatic rings. The molecule has 3 rings (SSSR count). The molecule has 3 aromatic carbocycles. The Morgan fingerprint density at radius 2 is 1.41 bits per heavy atom. The summed E-state index contributed by atoms with van der Waals surface area (Å²) in [6.45, 7) is 4.55. The molecule has 0 saturated carbocycles. The molecule has 0 heterocycles. The molecule has 1 atom stereocenters. The Morgan fingerprint density at radius 3 is 2.09 bits per heavy atom. The number of amides is 3. The number of carbonyl (C=O) groups is 3. The van der Waals surface area contributed by atoms with Crippen LogP contribution in [0.3, 0.4) is 0 Å². The molecule has 0 aromatic heterocycles. The van der Waals surface area contributed by atoms with E-state index in [1.54, 1.807) is 48.5 Å². The van der Waals surface area contributed by atoms with Gasteiger partial charge in [0.2, 0.25) is 5.91 Å². The first-order valence-electron chi connectivity index (χ1n) is 11.1. The van der Waals surface area contributed by atoms with Crippen molar-refractivity contribution >= 4 is 35.0 Å². The highest BCUT2D eigenvalue weighted by Gasteiger charge is 2.21. The Hall–Kier alpha value is -3.64. The number of benzene rings is 3. The average Bonchev–Trinajstić information content (AvgIpc) is 2.83. The van der Waals surface area contributed by atoms with Gasteiger partial charge in [0, 0.05) is 6.54 Å². The van der Waals surface area contributed by atoms with Crippen LogP contribution in [0.5, 0.6) is 0 Å². The minimum Gasteiger partial charge on any atom is -0.352 e. The number of halogens is 1. The van der Waals surface area contributed by atoms with Crippen LogP contribution in [0.1, 0.15) is 52.6 Å². The second-order valence-electron chi connectivity index (χ2n) is 8.32. The van der Waals surface area contributed by atoms with E-state index in [1.807, 2.05) is 44.2 Å². The molecule has 0 aliphatic carbocycles. The zero-order chi connectivity index (χ0) is 24.5. The third-order valence-corrected chi connectivity index (χ3v) is 5.46. The van der Waals surface area contributed by atoms with E-state index in [0.717, 1.165) is 5.56 Å². The Labute approximate surface area is 204 Å². The molecular weight excluding hydrogens is 450 g/mol. The molecule has 0 spiro atoms. The Balaban J connectivity index is 1.76. The van der Waals surface area contributed by atoms with Crippen molar-refractivity contribution in [1.82, 2.24) is 10.6 Å². The summed E-state index contributed by atoms with van der Waals surface area (Å²) in [7, 11) is 0. The van der Waals surface area contributed by atoms with E-state index >= 15 is 0 Å². The molecule has 176 valence electrons. The lowest BCUT2D eigenvalue weighted by molar-refractivity contribution is -0.116. The molecule has 3 N–H and O–H groups in total. The summed E-state index contributed by atoms with van der Waals surface area (Å²) in [6, 6.07) is 22.2. The predicted octanol–water partition coefficient (Wildman–Crippen LogP) is 5.23. The molecule has 34 heavy (non-hydrogen) atoms. The first kappa shape index (κ1) is 25.0. The maximum absolute atomic E-state index is 13.0. The van der Waals surface area contributed by atoms with E-state index in [1.165, 1.54) is 0 Å². The number of anilines is 1. The fourth-order valence-electron chi connectivity index (χ4n) is 3.39. The van der Waals surface area contributed by atoms with E-state index in [4.69, 9.17) is 11.6 Å². The SMILES string of the molecule is CC(C)CNC(=O)c1ccccc1NC(=O)CC(NC(=O)c1ccccc1Cl)c1ccccc1. The van der Waals surface area contributed by atoms with Crippen LogP contribution in [-0.2, 0) is 4.79 Å². The van der Waals surface area contributed by atoms with Crippen LogP contribution < -0.4 is 16.0 Å². The third kappa shape index (κ3) is 6.93. The van der Waals surface area contributed by atoms with Crippen molar-refractivity contribution < 1.29 is 14.4 Å². The lowest BCUT2D eigenvalue weighted by Gasteiger charge is -2.20. The summed E-state index contributed by atoms with van der Waals surface area (Å²) in [6.07, 6.45) is -0.0256. The molecule has 1 unspecified atom stereocenters. The molecule has 0 bridgehead atoms. The quantitative estimate of drug-likeness (QED) is 0.394. The number of rotatable bonds is 9. The van der Waals surface area contributed by atoms with E-state index in [0.29, 0.717) is 34.3 Å². The lowest BCUT2D eigenvalue weighted by atomic mass is 10.0. The summed E-state index contributed by atoms with van der Waals surface area (Å²) in [4.78, 5) is 38.5. The zero-order valence-corrected chi connectivity index (χ0v) is 19.9. The Kier molecular flexibility index (Phi) is 8.82. The zero-order valence-electron chi connectivity index (χ0n) is 19.2. The third-order valence-electron chi connectivity index (χ3n) is 5.13. The van der Waals surface area contributed by atoms with Crippen LogP contribution in [0.15, 0.2) is 78.9 Å². The van der Waals surface area contributed by atoms with E-state index in [9.17, 15) is 14.4 Å². The van der Waals surface area contributed by atoms with Crippen molar-refractivity contribution in [3.63, 3.8) is 0 Å². The van der Waals surface area contributed by atoms with Gasteiger partial charge in [0.05, 0.1) is 34.3 Å². The summed E-state index contributed by atoms with van der Waals surface area (Å²) < 4.78 is 0. The van der Waals surface area contributed by atoms with Crippen LogP contribution in [-0.4, -0.2) is 24.3 Å². The Morgan fingerprint density at radius 1 is 0.794 bits per heavy atom. The van der Waals surface area contributed by atoms with Gasteiger partial charge < -0.3 is 16.0 Å². The topological polar surface area (TPSA) is 87.3 Å². The number of hydrogen-bond donors (Lipinski definition) is 3. The van der Waals surface area contributed by atoms with Gasteiger partial charge in [0.1, 0.15) is 0 Å². The van der Waals surface area contributed by atoms with Crippen LogP contribution >= 0.6 is 11.6 Å². The van der Waals surface area contributed by atoms with Crippen molar-refractivity contribution in [2.24, 2.45) is 5.92 Å². The summed E-state index contributed by atoms with van der Waals surface area (Å²) in [5.74, 6) is -0.659. The molecule has 0 radical (unpaired) electrons. The van der Waals surface area contributed by atoms with Gasteiger partial charge >= 0.3 is 0 Å². The normalized spacial score (nSPS) is 11.5. The van der Waals surface area contributed by atoms with Gasteiger partial charge in [-0.05, 0) is 35.7 Å². The summed E-state index contributed by atoms with van der Waals surface area (Å²) >= 11 is 6.18. The largest absolute Gasteiger partial charge is 0.352 e. The van der Waals surface area contributed by atoms with Crippen molar-refractivity contribution in [2.75, 3.05) is 11.9 Å². The van der Waals surface area contributed by atoms with Crippen molar-refractivity contribution in [3.05, 3.63) is 101 Å². The number of para-hydroxylation sites is 1. The summed E-state index contributed by atoms with van der Waals surface area (Å²) in [5, 5.41) is 8.94. The van der Waals surface area contributed by atoms with E-state index < -0.39 is 6.04 Å². The van der Waals surface area contributed by atoms with Crippen molar-refractivity contribution in [3.8, 4) is 0 Å². The van der Waals surface area contributed by atoms with Gasteiger partial charge in [0.25, 0.3) is 11.8 Å². The van der Waals surface area contributed by atoms with Crippen molar-refractivity contribution in [2.45, 2.75) is 26.3 Å². The highest BCUT2D eigenvalue weighted by Crippen LogP contribution is 2.22. The number of nitrogens with one attached hydrogen (secondary N) is 3. The molecule has 0 fully saturated rings. The van der Waals surface area contributed by atoms with Gasteiger partial charge in [0.15, 0.2) is 0 Å².